The lowest BCUT2D eigenvalue weighted by molar-refractivity contribution is 0.0383. The van der Waals surface area contributed by atoms with Gasteiger partial charge in [0, 0.05) is 38.9 Å². The molecule has 1 saturated heterocycles. The molecule has 4 heterocycles. The van der Waals surface area contributed by atoms with Gasteiger partial charge < -0.3 is 14.6 Å². The van der Waals surface area contributed by atoms with Crippen molar-refractivity contribution in [2.24, 2.45) is 0 Å². The van der Waals surface area contributed by atoms with Crippen LogP contribution >= 0.6 is 0 Å². The fourth-order valence-electron chi connectivity index (χ4n) is 3.62. The van der Waals surface area contributed by atoms with E-state index in [1.807, 2.05) is 13.0 Å². The lowest BCUT2D eigenvalue weighted by Crippen LogP contribution is -2.42. The van der Waals surface area contributed by atoms with Crippen LogP contribution in [0.25, 0.3) is 16.7 Å². The Balaban J connectivity index is 1.68. The third-order valence-corrected chi connectivity index (χ3v) is 5.20. The van der Waals surface area contributed by atoms with Crippen LogP contribution in [0, 0.1) is 5.41 Å². The first kappa shape index (κ1) is 19.3. The molecule has 0 radical (unpaired) electrons. The van der Waals surface area contributed by atoms with Crippen LogP contribution in [0.3, 0.4) is 0 Å². The molecule has 0 atom stereocenters. The molecule has 1 aliphatic heterocycles. The Hall–Kier alpha value is -3.04. The maximum atomic E-state index is 13.0. The molecule has 1 amide bonds. The Kier molecular flexibility index (Phi) is 5.41. The molecule has 9 nitrogen and oxygen atoms in total. The van der Waals surface area contributed by atoms with Gasteiger partial charge in [-0.05, 0) is 25.1 Å². The minimum Gasteiger partial charge on any atom is -0.379 e. The van der Waals surface area contributed by atoms with E-state index in [2.05, 4.69) is 15.2 Å². The highest BCUT2D eigenvalue weighted by Crippen LogP contribution is 2.10. The summed E-state index contributed by atoms with van der Waals surface area (Å²) in [6.45, 7) is 6.59. The average molecular weight is 396 g/mol. The first-order valence-electron chi connectivity index (χ1n) is 9.78. The number of carbonyl (C=O) groups is 1. The summed E-state index contributed by atoms with van der Waals surface area (Å²) in [6.07, 6.45) is 1.65. The zero-order chi connectivity index (χ0) is 20.4. The number of carbonyl (C=O) groups excluding carboxylic acids is 1. The van der Waals surface area contributed by atoms with E-state index in [9.17, 15) is 9.59 Å². The number of amides is 1. The minimum absolute atomic E-state index is 0.0519. The summed E-state index contributed by atoms with van der Waals surface area (Å²) in [7, 11) is 0. The van der Waals surface area contributed by atoms with Crippen molar-refractivity contribution in [2.75, 3.05) is 39.4 Å². The molecule has 1 aliphatic rings. The van der Waals surface area contributed by atoms with E-state index >= 15 is 0 Å². The van der Waals surface area contributed by atoms with Gasteiger partial charge in [-0.3, -0.25) is 24.3 Å². The molecule has 0 aromatic carbocycles. The number of hydrogen-bond acceptors (Lipinski definition) is 6. The summed E-state index contributed by atoms with van der Waals surface area (Å²) in [5.41, 5.74) is 0.898. The molecule has 9 heteroatoms. The second-order valence-corrected chi connectivity index (χ2v) is 6.94. The normalized spacial score (nSPS) is 15.1. The Labute approximate surface area is 167 Å². The number of aryl methyl sites for hydroxylation is 1. The lowest BCUT2D eigenvalue weighted by Gasteiger charge is -2.26. The highest BCUT2D eigenvalue weighted by molar-refractivity contribution is 5.96. The third-order valence-electron chi connectivity index (χ3n) is 5.20. The molecule has 0 spiro atoms. The number of hydrogen-bond donors (Lipinski definition) is 2. The molecule has 0 unspecified atom stereocenters. The zero-order valence-corrected chi connectivity index (χ0v) is 16.4. The van der Waals surface area contributed by atoms with E-state index in [0.29, 0.717) is 43.0 Å². The van der Waals surface area contributed by atoms with Gasteiger partial charge in [0.2, 0.25) is 0 Å². The van der Waals surface area contributed by atoms with Crippen molar-refractivity contribution in [1.82, 2.24) is 24.2 Å². The highest BCUT2D eigenvalue weighted by Gasteiger charge is 2.17. The van der Waals surface area contributed by atoms with Gasteiger partial charge >= 0.3 is 0 Å². The van der Waals surface area contributed by atoms with Crippen molar-refractivity contribution >= 4 is 22.6 Å². The van der Waals surface area contributed by atoms with Crippen molar-refractivity contribution in [1.29, 1.82) is 5.41 Å². The van der Waals surface area contributed by atoms with E-state index in [1.54, 1.807) is 22.9 Å². The summed E-state index contributed by atoms with van der Waals surface area (Å²) in [4.78, 5) is 32.5. The van der Waals surface area contributed by atoms with Crippen LogP contribution in [0.1, 0.15) is 17.3 Å². The van der Waals surface area contributed by atoms with Crippen LogP contribution in [-0.2, 0) is 11.3 Å². The SMILES string of the molecule is CCn1c(=N)c(C(=O)NCCN2CCOCC2)cc2c(=O)n3ccccc3nc21. The van der Waals surface area contributed by atoms with Gasteiger partial charge in [-0.15, -0.1) is 0 Å². The summed E-state index contributed by atoms with van der Waals surface area (Å²) in [6, 6.07) is 6.80. The molecule has 3 aromatic heterocycles. The van der Waals surface area contributed by atoms with Gasteiger partial charge in [0.1, 0.15) is 16.8 Å². The lowest BCUT2D eigenvalue weighted by atomic mass is 10.2. The number of pyridine rings is 2. The average Bonchev–Trinajstić information content (AvgIpc) is 2.74. The van der Waals surface area contributed by atoms with Crippen LogP contribution in [0.15, 0.2) is 35.3 Å². The predicted molar refractivity (Wildman–Crippen MR) is 108 cm³/mol. The number of fused-ring (bicyclic) bond motifs is 2. The molecule has 3 aromatic rings. The third kappa shape index (κ3) is 3.66. The van der Waals surface area contributed by atoms with Crippen LogP contribution in [0.4, 0.5) is 0 Å². The smallest absolute Gasteiger partial charge is 0.267 e. The number of rotatable bonds is 5. The monoisotopic (exact) mass is 396 g/mol. The molecule has 152 valence electrons. The topological polar surface area (TPSA) is 105 Å². The van der Waals surface area contributed by atoms with Gasteiger partial charge in [0.15, 0.2) is 0 Å². The predicted octanol–water partition coefficient (Wildman–Crippen LogP) is 0.211. The first-order chi connectivity index (χ1) is 14.1. The quantitative estimate of drug-likeness (QED) is 0.600. The van der Waals surface area contributed by atoms with E-state index in [4.69, 9.17) is 10.1 Å². The van der Waals surface area contributed by atoms with Crippen molar-refractivity contribution in [3.8, 4) is 0 Å². The minimum atomic E-state index is -0.357. The Morgan fingerprint density at radius 2 is 2.10 bits per heavy atom. The van der Waals surface area contributed by atoms with E-state index in [-0.39, 0.29) is 22.5 Å². The molecule has 0 saturated carbocycles. The summed E-state index contributed by atoms with van der Waals surface area (Å²) in [5.74, 6) is -0.357. The van der Waals surface area contributed by atoms with E-state index in [1.165, 1.54) is 10.5 Å². The van der Waals surface area contributed by atoms with Crippen molar-refractivity contribution < 1.29 is 9.53 Å². The first-order valence-corrected chi connectivity index (χ1v) is 9.78. The molecule has 0 aliphatic carbocycles. The van der Waals surface area contributed by atoms with E-state index < -0.39 is 0 Å². The summed E-state index contributed by atoms with van der Waals surface area (Å²) >= 11 is 0. The fraction of sp³-hybridized carbons (Fsp3) is 0.400. The van der Waals surface area contributed by atoms with Gasteiger partial charge in [0.05, 0.1) is 24.2 Å². The van der Waals surface area contributed by atoms with Crippen LogP contribution in [0.2, 0.25) is 0 Å². The second-order valence-electron chi connectivity index (χ2n) is 6.94. The Morgan fingerprint density at radius 1 is 1.31 bits per heavy atom. The van der Waals surface area contributed by atoms with Gasteiger partial charge in [0.25, 0.3) is 11.5 Å². The number of nitrogens with zero attached hydrogens (tertiary/aromatic N) is 4. The number of morpholine rings is 1. The fourth-order valence-corrected chi connectivity index (χ4v) is 3.62. The second kappa shape index (κ2) is 8.14. The van der Waals surface area contributed by atoms with Crippen LogP contribution in [-0.4, -0.2) is 64.2 Å². The Morgan fingerprint density at radius 3 is 2.86 bits per heavy atom. The summed E-state index contributed by atoms with van der Waals surface area (Å²) < 4.78 is 8.37. The highest BCUT2D eigenvalue weighted by atomic mass is 16.5. The maximum absolute atomic E-state index is 13.0. The number of ether oxygens (including phenoxy) is 1. The van der Waals surface area contributed by atoms with Gasteiger partial charge in [-0.1, -0.05) is 6.07 Å². The number of aromatic nitrogens is 3. The maximum Gasteiger partial charge on any atom is 0.267 e. The molecule has 4 rings (SSSR count). The summed E-state index contributed by atoms with van der Waals surface area (Å²) in [5, 5.41) is 11.7. The standard InChI is InChI=1S/C20H24N6O3/c1-2-25-17(21)14(19(27)22-6-8-24-9-11-29-12-10-24)13-15-18(25)23-16-5-3-4-7-26(16)20(15)28/h3-5,7,13,21H,2,6,8-12H2,1H3,(H,22,27). The van der Waals surface area contributed by atoms with Crippen molar-refractivity contribution in [3.05, 3.63) is 51.9 Å². The van der Waals surface area contributed by atoms with Crippen LogP contribution < -0.4 is 16.4 Å². The molecule has 2 N–H and O–H groups in total. The zero-order valence-electron chi connectivity index (χ0n) is 16.4. The molecule has 1 fully saturated rings. The largest absolute Gasteiger partial charge is 0.379 e. The van der Waals surface area contributed by atoms with Gasteiger partial charge in [-0.2, -0.15) is 0 Å². The molecule has 29 heavy (non-hydrogen) atoms. The van der Waals surface area contributed by atoms with Crippen LogP contribution in [0.5, 0.6) is 0 Å². The molecular formula is C20H24N6O3. The Bertz CT molecular complexity index is 1180. The molecule has 0 bridgehead atoms. The number of nitrogens with one attached hydrogen (secondary N) is 2. The van der Waals surface area contributed by atoms with E-state index in [0.717, 1.165) is 19.6 Å². The van der Waals surface area contributed by atoms with Crippen molar-refractivity contribution in [2.45, 2.75) is 13.5 Å². The van der Waals surface area contributed by atoms with Crippen molar-refractivity contribution in [3.63, 3.8) is 0 Å². The molecular weight excluding hydrogens is 372 g/mol. The van der Waals surface area contributed by atoms with Gasteiger partial charge in [-0.25, -0.2) is 4.98 Å².